The predicted molar refractivity (Wildman–Crippen MR) is 66.1 cm³/mol. The maximum atomic E-state index is 4.33. The van der Waals surface area contributed by atoms with Gasteiger partial charge in [0.15, 0.2) is 0 Å². The molecule has 2 nitrogen and oxygen atoms in total. The van der Waals surface area contributed by atoms with Gasteiger partial charge in [-0.3, -0.25) is 0 Å². The van der Waals surface area contributed by atoms with E-state index in [0.717, 1.165) is 11.0 Å². The van der Waals surface area contributed by atoms with Gasteiger partial charge in [0.1, 0.15) is 0 Å². The summed E-state index contributed by atoms with van der Waals surface area (Å²) in [5.41, 5.74) is 3.67. The number of H-pyrrole nitrogens is 1. The third kappa shape index (κ3) is 2.38. The highest BCUT2D eigenvalue weighted by Crippen LogP contribution is 2.27. The Morgan fingerprint density at radius 3 is 2.40 bits per heavy atom. The van der Waals surface area contributed by atoms with Crippen molar-refractivity contribution in [1.29, 1.82) is 0 Å². The number of hydrogen-bond acceptors (Lipinski definition) is 1. The normalized spacial score (nSPS) is 11.0. The Balaban J connectivity index is 0.000000531. The fraction of sp³-hybridized carbons (Fsp3) is 0.462. The summed E-state index contributed by atoms with van der Waals surface area (Å²) in [5, 5.41) is 0. The molecule has 1 aromatic heterocycles. The zero-order valence-electron chi connectivity index (χ0n) is 10.3. The molecule has 0 bridgehead atoms. The van der Waals surface area contributed by atoms with Gasteiger partial charge >= 0.3 is 0 Å². The molecule has 0 fully saturated rings. The first kappa shape index (κ1) is 11.8. The van der Waals surface area contributed by atoms with Crippen LogP contribution in [-0.2, 0) is 5.41 Å². The second-order valence-corrected chi connectivity index (χ2v) is 4.35. The van der Waals surface area contributed by atoms with Crippen LogP contribution in [-0.4, -0.2) is 9.97 Å². The van der Waals surface area contributed by atoms with Crippen LogP contribution in [0.4, 0.5) is 0 Å². The number of nitrogens with one attached hydrogen (secondary N) is 1. The topological polar surface area (TPSA) is 28.7 Å². The summed E-state index contributed by atoms with van der Waals surface area (Å²) >= 11 is 0. The molecule has 2 rings (SSSR count). The highest BCUT2D eigenvalue weighted by atomic mass is 14.9. The first-order valence-electron chi connectivity index (χ1n) is 5.51. The molecule has 0 radical (unpaired) electrons. The van der Waals surface area contributed by atoms with Crippen molar-refractivity contribution in [2.75, 3.05) is 0 Å². The number of aromatic nitrogens is 2. The van der Waals surface area contributed by atoms with Crippen LogP contribution >= 0.6 is 0 Å². The molecule has 0 aliphatic carbocycles. The summed E-state index contributed by atoms with van der Waals surface area (Å²) in [6.45, 7) is 10.6. The van der Waals surface area contributed by atoms with Crippen molar-refractivity contribution in [1.82, 2.24) is 9.97 Å². The van der Waals surface area contributed by atoms with Gasteiger partial charge in [-0.1, -0.05) is 46.8 Å². The maximum Gasteiger partial charge on any atom is 0.0931 e. The summed E-state index contributed by atoms with van der Waals surface area (Å²) in [6, 6.07) is 6.27. The van der Waals surface area contributed by atoms with E-state index in [0.29, 0.717) is 0 Å². The van der Waals surface area contributed by atoms with E-state index in [1.54, 1.807) is 6.33 Å². The van der Waals surface area contributed by atoms with Gasteiger partial charge in [0, 0.05) is 0 Å². The Hall–Kier alpha value is -1.31. The molecule has 0 unspecified atom stereocenters. The summed E-state index contributed by atoms with van der Waals surface area (Å²) in [6.07, 6.45) is 1.75. The highest BCUT2D eigenvalue weighted by molar-refractivity contribution is 5.79. The summed E-state index contributed by atoms with van der Waals surface area (Å²) in [7, 11) is 0. The molecule has 0 aliphatic heterocycles. The van der Waals surface area contributed by atoms with Crippen LogP contribution in [0.1, 0.15) is 40.2 Å². The monoisotopic (exact) mass is 204 g/mol. The molecule has 1 heterocycles. The lowest BCUT2D eigenvalue weighted by atomic mass is 9.86. The van der Waals surface area contributed by atoms with Crippen molar-refractivity contribution >= 4 is 11.0 Å². The smallest absolute Gasteiger partial charge is 0.0931 e. The van der Waals surface area contributed by atoms with Crippen molar-refractivity contribution < 1.29 is 0 Å². The minimum atomic E-state index is 0.161. The van der Waals surface area contributed by atoms with E-state index >= 15 is 0 Å². The SMILES string of the molecule is CC.CC(C)(C)c1cccc2[nH]cnc12. The molecule has 0 saturated carbocycles. The van der Waals surface area contributed by atoms with Gasteiger partial charge in [-0.2, -0.15) is 0 Å². The molecule has 0 amide bonds. The number of hydrogen-bond donors (Lipinski definition) is 1. The molecule has 0 atom stereocenters. The Labute approximate surface area is 91.7 Å². The van der Waals surface area contributed by atoms with Crippen LogP contribution in [0.15, 0.2) is 24.5 Å². The quantitative estimate of drug-likeness (QED) is 0.693. The van der Waals surface area contributed by atoms with Crippen LogP contribution < -0.4 is 0 Å². The molecule has 0 aliphatic rings. The minimum Gasteiger partial charge on any atom is -0.345 e. The predicted octanol–water partition coefficient (Wildman–Crippen LogP) is 3.89. The zero-order valence-corrected chi connectivity index (χ0v) is 10.3. The van der Waals surface area contributed by atoms with Crippen LogP contribution in [0.25, 0.3) is 11.0 Å². The van der Waals surface area contributed by atoms with Crippen molar-refractivity contribution in [2.24, 2.45) is 0 Å². The van der Waals surface area contributed by atoms with Crippen molar-refractivity contribution in [3.05, 3.63) is 30.1 Å². The van der Waals surface area contributed by atoms with E-state index in [9.17, 15) is 0 Å². The summed E-state index contributed by atoms with van der Waals surface area (Å²) in [4.78, 5) is 7.45. The first-order valence-corrected chi connectivity index (χ1v) is 5.51. The van der Waals surface area contributed by atoms with Gasteiger partial charge in [0.05, 0.1) is 17.4 Å². The molecular weight excluding hydrogens is 184 g/mol. The first-order chi connectivity index (χ1) is 7.09. The van der Waals surface area contributed by atoms with Crippen LogP contribution in [0, 0.1) is 0 Å². The fourth-order valence-electron chi connectivity index (χ4n) is 1.57. The number of para-hydroxylation sites is 1. The van der Waals surface area contributed by atoms with Gasteiger partial charge in [-0.05, 0) is 17.0 Å². The standard InChI is InChI=1S/C11H14N2.C2H6/c1-11(2,3)8-5-4-6-9-10(8)13-7-12-9;1-2/h4-7H,1-3H3,(H,12,13);1-2H3. The van der Waals surface area contributed by atoms with Crippen molar-refractivity contribution in [3.63, 3.8) is 0 Å². The second kappa shape index (κ2) is 4.47. The van der Waals surface area contributed by atoms with E-state index in [4.69, 9.17) is 0 Å². The van der Waals surface area contributed by atoms with Crippen LogP contribution in [0.2, 0.25) is 0 Å². The van der Waals surface area contributed by atoms with E-state index in [-0.39, 0.29) is 5.41 Å². The van der Waals surface area contributed by atoms with Crippen molar-refractivity contribution in [3.8, 4) is 0 Å². The van der Waals surface area contributed by atoms with E-state index < -0.39 is 0 Å². The van der Waals surface area contributed by atoms with E-state index in [2.05, 4.69) is 48.9 Å². The third-order valence-corrected chi connectivity index (χ3v) is 2.26. The van der Waals surface area contributed by atoms with Crippen molar-refractivity contribution in [2.45, 2.75) is 40.0 Å². The molecule has 15 heavy (non-hydrogen) atoms. The summed E-state index contributed by atoms with van der Waals surface area (Å²) < 4.78 is 0. The Kier molecular flexibility index (Phi) is 3.51. The molecule has 2 heteroatoms. The average molecular weight is 204 g/mol. The Morgan fingerprint density at radius 2 is 1.80 bits per heavy atom. The molecule has 0 spiro atoms. The van der Waals surface area contributed by atoms with Gasteiger partial charge in [0.2, 0.25) is 0 Å². The van der Waals surface area contributed by atoms with Gasteiger partial charge in [-0.25, -0.2) is 4.98 Å². The molecule has 0 saturated heterocycles. The zero-order chi connectivity index (χ0) is 11.5. The van der Waals surface area contributed by atoms with Gasteiger partial charge in [0.25, 0.3) is 0 Å². The fourth-order valence-corrected chi connectivity index (χ4v) is 1.57. The average Bonchev–Trinajstić information content (AvgIpc) is 2.66. The number of nitrogens with zero attached hydrogens (tertiary/aromatic N) is 1. The third-order valence-electron chi connectivity index (χ3n) is 2.26. The van der Waals surface area contributed by atoms with E-state index in [1.165, 1.54) is 5.56 Å². The maximum absolute atomic E-state index is 4.33. The number of benzene rings is 1. The van der Waals surface area contributed by atoms with Crippen LogP contribution in [0.3, 0.4) is 0 Å². The van der Waals surface area contributed by atoms with Gasteiger partial charge in [-0.15, -0.1) is 0 Å². The Bertz CT molecular complexity index is 421. The lowest BCUT2D eigenvalue weighted by molar-refractivity contribution is 0.595. The molecule has 1 N–H and O–H groups in total. The molecule has 82 valence electrons. The number of aromatic amines is 1. The second-order valence-electron chi connectivity index (χ2n) is 4.35. The van der Waals surface area contributed by atoms with Gasteiger partial charge < -0.3 is 4.98 Å². The van der Waals surface area contributed by atoms with E-state index in [1.807, 2.05) is 13.8 Å². The largest absolute Gasteiger partial charge is 0.345 e. The summed E-state index contributed by atoms with van der Waals surface area (Å²) in [5.74, 6) is 0. The number of imidazole rings is 1. The molecule has 1 aromatic carbocycles. The highest BCUT2D eigenvalue weighted by Gasteiger charge is 2.17. The molecular formula is C13H20N2. The Morgan fingerprint density at radius 1 is 1.13 bits per heavy atom. The molecule has 2 aromatic rings. The number of rotatable bonds is 0. The lowest BCUT2D eigenvalue weighted by Crippen LogP contribution is -2.11. The minimum absolute atomic E-state index is 0.161. The number of fused-ring (bicyclic) bond motifs is 1. The lowest BCUT2D eigenvalue weighted by Gasteiger charge is -2.18. The van der Waals surface area contributed by atoms with Crippen LogP contribution in [0.5, 0.6) is 0 Å².